The summed E-state index contributed by atoms with van der Waals surface area (Å²) >= 11 is 0. The molecule has 0 spiro atoms. The highest BCUT2D eigenvalue weighted by Gasteiger charge is 2.32. The zero-order valence-electron chi connectivity index (χ0n) is 29.8. The van der Waals surface area contributed by atoms with E-state index in [1.54, 1.807) is 61.4 Å². The van der Waals surface area contributed by atoms with Crippen molar-refractivity contribution in [2.24, 2.45) is 5.92 Å². The minimum Gasteiger partial charge on any atom is -0.497 e. The Labute approximate surface area is 297 Å². The second kappa shape index (κ2) is 18.2. The number of methoxy groups -OCH3 is 1. The quantitative estimate of drug-likeness (QED) is 0.214. The molecule has 278 valence electrons. The van der Waals surface area contributed by atoms with E-state index in [2.05, 4.69) is 10.6 Å². The molecule has 0 aliphatic carbocycles. The van der Waals surface area contributed by atoms with Crippen molar-refractivity contribution in [2.75, 3.05) is 51.1 Å². The molecule has 3 aromatic rings. The van der Waals surface area contributed by atoms with Crippen LogP contribution in [0.5, 0.6) is 11.5 Å². The summed E-state index contributed by atoms with van der Waals surface area (Å²) in [5.41, 5.74) is 1.21. The lowest BCUT2D eigenvalue weighted by Crippen LogP contribution is -2.47. The van der Waals surface area contributed by atoms with Gasteiger partial charge in [-0.3, -0.25) is 9.69 Å². The lowest BCUT2D eigenvalue weighted by Gasteiger charge is -2.36. The summed E-state index contributed by atoms with van der Waals surface area (Å²) in [5.74, 6) is 0.455. The van der Waals surface area contributed by atoms with Crippen molar-refractivity contribution in [3.05, 3.63) is 83.4 Å². The zero-order chi connectivity index (χ0) is 37.1. The molecule has 0 radical (unpaired) electrons. The molecule has 4 rings (SSSR count). The van der Waals surface area contributed by atoms with E-state index in [4.69, 9.17) is 14.2 Å². The fraction of sp³-hybridized carbons (Fsp3) is 0.474. The molecule has 0 aromatic heterocycles. The molecule has 3 N–H and O–H groups in total. The highest BCUT2D eigenvalue weighted by Crippen LogP contribution is 2.30. The van der Waals surface area contributed by atoms with Crippen LogP contribution in [0.4, 0.5) is 29.3 Å². The fourth-order valence-electron chi connectivity index (χ4n) is 5.91. The number of hydrogen-bond acceptors (Lipinski definition) is 7. The van der Waals surface area contributed by atoms with Crippen molar-refractivity contribution in [1.82, 2.24) is 9.80 Å². The molecule has 0 saturated heterocycles. The van der Waals surface area contributed by atoms with Crippen molar-refractivity contribution in [3.63, 3.8) is 0 Å². The molecule has 0 saturated carbocycles. The number of likely N-dealkylation sites (N-methyl/N-ethyl adjacent to an activating group) is 1. The van der Waals surface area contributed by atoms with Crippen LogP contribution in [0.25, 0.3) is 0 Å². The molecule has 3 amide bonds. The number of rotatable bonds is 9. The summed E-state index contributed by atoms with van der Waals surface area (Å²) in [7, 11) is 3.44. The van der Waals surface area contributed by atoms with Crippen LogP contribution in [-0.4, -0.2) is 85.6 Å². The average molecular weight is 715 g/mol. The number of ether oxygens (including phenoxy) is 3. The normalized spacial score (nSPS) is 19.8. The fourth-order valence-corrected chi connectivity index (χ4v) is 5.91. The highest BCUT2D eigenvalue weighted by molar-refractivity contribution is 6.02. The molecule has 13 heteroatoms. The van der Waals surface area contributed by atoms with E-state index in [0.29, 0.717) is 49.0 Å². The number of fused-ring (bicyclic) bond motifs is 1. The van der Waals surface area contributed by atoms with Gasteiger partial charge in [0.15, 0.2) is 0 Å². The van der Waals surface area contributed by atoms with Crippen molar-refractivity contribution < 1.29 is 42.1 Å². The summed E-state index contributed by atoms with van der Waals surface area (Å²) in [4.78, 5) is 30.9. The Morgan fingerprint density at radius 1 is 1.04 bits per heavy atom. The Morgan fingerprint density at radius 2 is 1.71 bits per heavy atom. The molecule has 0 fully saturated rings. The predicted molar refractivity (Wildman–Crippen MR) is 190 cm³/mol. The Balaban J connectivity index is 1.55. The number of carbonyl (C=O) groups excluding carboxylic acids is 2. The number of carbonyl (C=O) groups is 2. The smallest absolute Gasteiger partial charge is 0.416 e. The maximum absolute atomic E-state index is 14.4. The predicted octanol–water partition coefficient (Wildman–Crippen LogP) is 7.29. The van der Waals surface area contributed by atoms with Gasteiger partial charge >= 0.3 is 12.2 Å². The van der Waals surface area contributed by atoms with Gasteiger partial charge in [0, 0.05) is 43.5 Å². The number of anilines is 2. The number of nitrogens with zero attached hydrogens (tertiary/aromatic N) is 2. The molecule has 4 atom stereocenters. The summed E-state index contributed by atoms with van der Waals surface area (Å²) < 4.78 is 57.1. The van der Waals surface area contributed by atoms with Gasteiger partial charge in [-0.15, -0.1) is 0 Å². The van der Waals surface area contributed by atoms with Gasteiger partial charge in [0.1, 0.15) is 11.5 Å². The van der Waals surface area contributed by atoms with Crippen molar-refractivity contribution in [1.29, 1.82) is 0 Å². The first-order chi connectivity index (χ1) is 24.3. The van der Waals surface area contributed by atoms with E-state index in [-0.39, 0.29) is 42.7 Å². The van der Waals surface area contributed by atoms with Gasteiger partial charge < -0.3 is 34.9 Å². The first-order valence-electron chi connectivity index (χ1n) is 17.2. The van der Waals surface area contributed by atoms with Crippen LogP contribution >= 0.6 is 0 Å². The Hall–Kier alpha value is -4.33. The average Bonchev–Trinajstić information content (AvgIpc) is 3.09. The molecule has 0 unspecified atom stereocenters. The zero-order valence-corrected chi connectivity index (χ0v) is 29.8. The van der Waals surface area contributed by atoms with E-state index in [0.717, 1.165) is 30.5 Å². The van der Waals surface area contributed by atoms with Crippen LogP contribution in [-0.2, 0) is 17.5 Å². The number of alkyl halides is 3. The van der Waals surface area contributed by atoms with Gasteiger partial charge in [-0.05, 0) is 100 Å². The van der Waals surface area contributed by atoms with E-state index < -0.39 is 23.8 Å². The third-order valence-corrected chi connectivity index (χ3v) is 8.88. The van der Waals surface area contributed by atoms with Gasteiger partial charge in [-0.1, -0.05) is 19.1 Å². The van der Waals surface area contributed by atoms with Crippen LogP contribution in [0, 0.1) is 5.92 Å². The van der Waals surface area contributed by atoms with Gasteiger partial charge in [0.05, 0.1) is 43.1 Å². The number of nitrogens with one attached hydrogen (secondary N) is 2. The molecule has 10 nitrogen and oxygen atoms in total. The van der Waals surface area contributed by atoms with Crippen molar-refractivity contribution >= 4 is 23.3 Å². The minimum absolute atomic E-state index is 0.194. The van der Waals surface area contributed by atoms with Crippen molar-refractivity contribution in [3.8, 4) is 11.5 Å². The second-order valence-corrected chi connectivity index (χ2v) is 13.2. The van der Waals surface area contributed by atoms with Gasteiger partial charge in [-0.2, -0.15) is 13.2 Å². The molecule has 1 aliphatic heterocycles. The van der Waals surface area contributed by atoms with Crippen LogP contribution < -0.4 is 20.1 Å². The van der Waals surface area contributed by atoms with Crippen LogP contribution in [0.15, 0.2) is 66.7 Å². The van der Waals surface area contributed by atoms with E-state index >= 15 is 0 Å². The summed E-state index contributed by atoms with van der Waals surface area (Å²) in [6.07, 6.45) is -2.61. The summed E-state index contributed by atoms with van der Waals surface area (Å²) in [6.45, 7) is 6.99. The Morgan fingerprint density at radius 3 is 2.35 bits per heavy atom. The number of aliphatic hydroxyl groups excluding tert-OH is 1. The molecular weight excluding hydrogens is 665 g/mol. The SMILES string of the molecule is COc1ccc(NC(=O)Nc2ccc3c(c2)C(=O)N([C@H](C)CO)C[C@@H](C)[C@H](CN(C)Cc2ccc(C(F)(F)F)cc2)OCCCC[C@H](C)O3)cc1. The lowest BCUT2D eigenvalue weighted by molar-refractivity contribution is -0.137. The standard InChI is InChI=1S/C38H49F3N4O6/c1-25-21-45(26(2)24-46)36(47)33-20-31(43-37(48)42-30-13-16-32(49-5)17-14-30)15-18-34(33)51-27(3)8-6-7-19-50-35(25)23-44(4)22-28-9-11-29(12-10-28)38(39,40)41/h9-18,20,25-27,35,46H,6-8,19,21-24H2,1-5H3,(H2,42,43,48)/t25-,26-,27+,35+/m1/s1. The van der Waals surface area contributed by atoms with Crippen LogP contribution in [0.3, 0.4) is 0 Å². The number of benzene rings is 3. The van der Waals surface area contributed by atoms with Crippen LogP contribution in [0.2, 0.25) is 0 Å². The molecule has 51 heavy (non-hydrogen) atoms. The van der Waals surface area contributed by atoms with Gasteiger partial charge in [0.2, 0.25) is 0 Å². The third-order valence-electron chi connectivity index (χ3n) is 8.88. The van der Waals surface area contributed by atoms with E-state index in [1.807, 2.05) is 25.8 Å². The minimum atomic E-state index is -4.40. The largest absolute Gasteiger partial charge is 0.497 e. The number of hydrogen-bond donors (Lipinski definition) is 3. The second-order valence-electron chi connectivity index (χ2n) is 13.2. The number of urea groups is 1. The van der Waals surface area contributed by atoms with Crippen LogP contribution in [0.1, 0.15) is 61.5 Å². The maximum Gasteiger partial charge on any atom is 0.416 e. The third kappa shape index (κ3) is 11.6. The number of halogens is 3. The monoisotopic (exact) mass is 714 g/mol. The van der Waals surface area contributed by atoms with Crippen molar-refractivity contribution in [2.45, 2.75) is 71.0 Å². The highest BCUT2D eigenvalue weighted by atomic mass is 19.4. The Kier molecular flexibility index (Phi) is 14.1. The summed E-state index contributed by atoms with van der Waals surface area (Å²) in [5, 5.41) is 15.8. The first kappa shape index (κ1) is 39.5. The van der Waals surface area contributed by atoms with Gasteiger partial charge in [0.25, 0.3) is 5.91 Å². The van der Waals surface area contributed by atoms with E-state index in [9.17, 15) is 27.9 Å². The van der Waals surface area contributed by atoms with E-state index in [1.165, 1.54) is 12.1 Å². The Bertz CT molecular complexity index is 1570. The number of aliphatic hydroxyl groups is 1. The first-order valence-corrected chi connectivity index (χ1v) is 17.2. The lowest BCUT2D eigenvalue weighted by atomic mass is 10.0. The summed E-state index contributed by atoms with van der Waals surface area (Å²) in [6, 6.07) is 15.9. The van der Waals surface area contributed by atoms with Gasteiger partial charge in [-0.25, -0.2) is 4.79 Å². The molecule has 0 bridgehead atoms. The molecular formula is C38H49F3N4O6. The number of amides is 3. The molecule has 3 aromatic carbocycles. The maximum atomic E-state index is 14.4. The topological polar surface area (TPSA) is 113 Å². The molecule has 1 heterocycles. The molecule has 1 aliphatic rings.